The number of hydrogen-bond acceptors (Lipinski definition) is 2. The van der Waals surface area contributed by atoms with Crippen molar-refractivity contribution in [1.29, 1.82) is 0 Å². The summed E-state index contributed by atoms with van der Waals surface area (Å²) in [6.07, 6.45) is 0. The van der Waals surface area contributed by atoms with Gasteiger partial charge >= 0.3 is 0 Å². The monoisotopic (exact) mass is 90.1 g/mol. The summed E-state index contributed by atoms with van der Waals surface area (Å²) in [4.78, 5) is 0. The third-order valence-corrected chi connectivity index (χ3v) is 0.400. The fourth-order valence-electron chi connectivity index (χ4n) is 0.0447. The number of hydrogen-bond donors (Lipinski definition) is 2. The molecule has 0 fully saturated rings. The van der Waals surface area contributed by atoms with E-state index in [-0.39, 0.29) is 13.5 Å². The Labute approximate surface area is 36.2 Å². The maximum Gasteiger partial charge on any atom is 0.246 e. The zero-order valence-corrected chi connectivity index (χ0v) is 3.46. The zero-order chi connectivity index (χ0) is 4.99. The molecule has 3 heteroatoms. The number of aliphatic hydroxyl groups excluding tert-OH is 2. The van der Waals surface area contributed by atoms with E-state index in [9.17, 15) is 0 Å². The second-order valence-electron chi connectivity index (χ2n) is 0.954. The molecule has 0 aromatic carbocycles. The van der Waals surface area contributed by atoms with Crippen molar-refractivity contribution >= 4 is 6.72 Å². The minimum atomic E-state index is -0.198. The van der Waals surface area contributed by atoms with Crippen LogP contribution in [0, 0.1) is 0 Å². The molecule has 0 rings (SSSR count). The Hall–Kier alpha value is -0.410. The summed E-state index contributed by atoms with van der Waals surface area (Å²) in [5.74, 6) is 0. The van der Waals surface area contributed by atoms with E-state index in [0.717, 1.165) is 4.58 Å². The lowest BCUT2D eigenvalue weighted by Crippen LogP contribution is -2.10. The number of aliphatic hydroxyl groups is 2. The van der Waals surface area contributed by atoms with Crippen LogP contribution in [-0.2, 0) is 0 Å². The average Bonchev–Trinajstić information content (AvgIpc) is 1.65. The average molecular weight is 90.1 g/mol. The van der Waals surface area contributed by atoms with Gasteiger partial charge in [0.15, 0.2) is 0 Å². The van der Waals surface area contributed by atoms with Crippen LogP contribution < -0.4 is 0 Å². The molecule has 0 heterocycles. The predicted molar refractivity (Wildman–Crippen MR) is 21.6 cm³/mol. The molecule has 0 radical (unpaired) electrons. The van der Waals surface area contributed by atoms with Crippen molar-refractivity contribution in [2.75, 3.05) is 13.5 Å². The third-order valence-electron chi connectivity index (χ3n) is 0.400. The number of nitrogens with zero attached hydrogens (tertiary/aromatic N) is 1. The van der Waals surface area contributed by atoms with E-state index in [1.165, 1.54) is 0 Å². The van der Waals surface area contributed by atoms with Gasteiger partial charge in [0.25, 0.3) is 0 Å². The van der Waals surface area contributed by atoms with E-state index in [0.29, 0.717) is 0 Å². The van der Waals surface area contributed by atoms with Crippen LogP contribution in [0.5, 0.6) is 0 Å². The second kappa shape index (κ2) is 2.81. The van der Waals surface area contributed by atoms with Crippen molar-refractivity contribution in [2.45, 2.75) is 0 Å². The van der Waals surface area contributed by atoms with E-state index >= 15 is 0 Å². The Bertz CT molecular complexity index is 46.8. The van der Waals surface area contributed by atoms with E-state index in [2.05, 4.69) is 6.72 Å². The smallest absolute Gasteiger partial charge is 0.246 e. The van der Waals surface area contributed by atoms with Crippen LogP contribution in [0.1, 0.15) is 0 Å². The topological polar surface area (TPSA) is 43.5 Å². The van der Waals surface area contributed by atoms with Crippen molar-refractivity contribution in [3.05, 3.63) is 0 Å². The van der Waals surface area contributed by atoms with Gasteiger partial charge < -0.3 is 10.2 Å². The molecule has 3 nitrogen and oxygen atoms in total. The Kier molecular flexibility index (Phi) is 2.62. The minimum absolute atomic E-state index is 0.198. The molecule has 0 aromatic rings. The van der Waals surface area contributed by atoms with E-state index in [4.69, 9.17) is 10.2 Å². The molecule has 0 aliphatic carbocycles. The van der Waals surface area contributed by atoms with Gasteiger partial charge in [-0.2, -0.15) is 4.58 Å². The van der Waals surface area contributed by atoms with Crippen LogP contribution in [-0.4, -0.2) is 35.0 Å². The SMILES string of the molecule is C=[N+](CO)CO. The van der Waals surface area contributed by atoms with Crippen LogP contribution in [0.4, 0.5) is 0 Å². The first-order chi connectivity index (χ1) is 2.81. The molecule has 0 aliphatic heterocycles. The first-order valence-electron chi connectivity index (χ1n) is 1.58. The molecule has 0 saturated heterocycles. The summed E-state index contributed by atoms with van der Waals surface area (Å²) >= 11 is 0. The van der Waals surface area contributed by atoms with E-state index in [1.807, 2.05) is 0 Å². The Balaban J connectivity index is 2.99. The molecule has 0 atom stereocenters. The highest BCUT2D eigenvalue weighted by atomic mass is 16.3. The van der Waals surface area contributed by atoms with Crippen LogP contribution in [0.2, 0.25) is 0 Å². The highest BCUT2D eigenvalue weighted by molar-refractivity contribution is 5.13. The normalized spacial score (nSPS) is 8.33. The lowest BCUT2D eigenvalue weighted by atomic mass is 11.0. The van der Waals surface area contributed by atoms with Crippen LogP contribution >= 0.6 is 0 Å². The second-order valence-corrected chi connectivity index (χ2v) is 0.954. The summed E-state index contributed by atoms with van der Waals surface area (Å²) in [7, 11) is 0. The van der Waals surface area contributed by atoms with Crippen LogP contribution in [0.3, 0.4) is 0 Å². The highest BCUT2D eigenvalue weighted by Gasteiger charge is 1.85. The van der Waals surface area contributed by atoms with Crippen molar-refractivity contribution in [2.24, 2.45) is 0 Å². The van der Waals surface area contributed by atoms with Crippen LogP contribution in [0.25, 0.3) is 0 Å². The molecule has 36 valence electrons. The quantitative estimate of drug-likeness (QED) is 0.249. The summed E-state index contributed by atoms with van der Waals surface area (Å²) in [6, 6.07) is 0. The van der Waals surface area contributed by atoms with Gasteiger partial charge in [-0.15, -0.1) is 0 Å². The van der Waals surface area contributed by atoms with Gasteiger partial charge in [-0.05, 0) is 0 Å². The van der Waals surface area contributed by atoms with Crippen LogP contribution in [0.15, 0.2) is 0 Å². The largest absolute Gasteiger partial charge is 0.339 e. The van der Waals surface area contributed by atoms with Gasteiger partial charge in [0.2, 0.25) is 13.5 Å². The van der Waals surface area contributed by atoms with Crippen molar-refractivity contribution in [3.8, 4) is 0 Å². The van der Waals surface area contributed by atoms with Gasteiger partial charge in [-0.3, -0.25) is 0 Å². The summed E-state index contributed by atoms with van der Waals surface area (Å²) in [5.41, 5.74) is 0. The summed E-state index contributed by atoms with van der Waals surface area (Å²) in [5, 5.41) is 16.1. The number of rotatable bonds is 2. The van der Waals surface area contributed by atoms with E-state index < -0.39 is 0 Å². The van der Waals surface area contributed by atoms with Gasteiger partial charge in [-0.25, -0.2) is 0 Å². The standard InChI is InChI=1S/C3H8NO2/c1-4(2-5)3-6/h5-6H,1-3H2/q+1. The molecular weight excluding hydrogens is 82.0 g/mol. The lowest BCUT2D eigenvalue weighted by molar-refractivity contribution is -0.588. The lowest BCUT2D eigenvalue weighted by Gasteiger charge is -1.85. The highest BCUT2D eigenvalue weighted by Crippen LogP contribution is 1.57. The molecule has 0 spiro atoms. The fraction of sp³-hybridized carbons (Fsp3) is 0.667. The molecule has 6 heavy (non-hydrogen) atoms. The Morgan fingerprint density at radius 2 is 1.67 bits per heavy atom. The van der Waals surface area contributed by atoms with Gasteiger partial charge in [-0.1, -0.05) is 0 Å². The van der Waals surface area contributed by atoms with Crippen molar-refractivity contribution < 1.29 is 14.8 Å². The molecule has 0 aromatic heterocycles. The van der Waals surface area contributed by atoms with Gasteiger partial charge in [0.1, 0.15) is 6.72 Å². The minimum Gasteiger partial charge on any atom is -0.339 e. The maximum absolute atomic E-state index is 8.04. The van der Waals surface area contributed by atoms with Crippen molar-refractivity contribution in [3.63, 3.8) is 0 Å². The molecule has 0 saturated carbocycles. The predicted octanol–water partition coefficient (Wildman–Crippen LogP) is -1.40. The molecule has 0 aliphatic rings. The molecule has 0 unspecified atom stereocenters. The molecule has 0 amide bonds. The molecular formula is C3H8NO2+. The van der Waals surface area contributed by atoms with Crippen molar-refractivity contribution in [1.82, 2.24) is 0 Å². The Morgan fingerprint density at radius 3 is 1.67 bits per heavy atom. The molecule has 2 N–H and O–H groups in total. The fourth-order valence-corrected chi connectivity index (χ4v) is 0.0447. The molecule has 0 bridgehead atoms. The maximum atomic E-state index is 8.04. The first-order valence-corrected chi connectivity index (χ1v) is 1.58. The third kappa shape index (κ3) is 1.87. The van der Waals surface area contributed by atoms with Gasteiger partial charge in [0.05, 0.1) is 0 Å². The summed E-state index contributed by atoms with van der Waals surface area (Å²) in [6.45, 7) is 2.81. The Morgan fingerprint density at radius 1 is 1.33 bits per heavy atom. The van der Waals surface area contributed by atoms with E-state index in [1.54, 1.807) is 0 Å². The summed E-state index contributed by atoms with van der Waals surface area (Å²) < 4.78 is 1.11. The van der Waals surface area contributed by atoms with Gasteiger partial charge in [0, 0.05) is 0 Å². The first kappa shape index (κ1) is 5.59. The zero-order valence-electron chi connectivity index (χ0n) is 3.46.